The lowest BCUT2D eigenvalue weighted by Gasteiger charge is -2.21. The van der Waals surface area contributed by atoms with Gasteiger partial charge in [0.25, 0.3) is 0 Å². The standard InChI is InChI=1S/C13H20ClNO/c1-13(2,10-15)7-8-16-9-11-3-5-12(14)6-4-11/h3-6H,7-10,15H2,1-2H3. The highest BCUT2D eigenvalue weighted by atomic mass is 35.5. The summed E-state index contributed by atoms with van der Waals surface area (Å²) >= 11 is 5.80. The van der Waals surface area contributed by atoms with Gasteiger partial charge in [-0.2, -0.15) is 0 Å². The van der Waals surface area contributed by atoms with E-state index < -0.39 is 0 Å². The molecule has 0 aliphatic heterocycles. The van der Waals surface area contributed by atoms with E-state index in [9.17, 15) is 0 Å². The third kappa shape index (κ3) is 4.97. The molecular weight excluding hydrogens is 222 g/mol. The first kappa shape index (κ1) is 13.5. The summed E-state index contributed by atoms with van der Waals surface area (Å²) < 4.78 is 5.60. The first-order valence-corrected chi connectivity index (χ1v) is 5.93. The van der Waals surface area contributed by atoms with E-state index in [1.54, 1.807) is 0 Å². The van der Waals surface area contributed by atoms with Crippen molar-refractivity contribution in [2.45, 2.75) is 26.9 Å². The maximum absolute atomic E-state index is 5.80. The van der Waals surface area contributed by atoms with Crippen molar-refractivity contribution in [3.63, 3.8) is 0 Å². The van der Waals surface area contributed by atoms with Crippen LogP contribution < -0.4 is 5.73 Å². The van der Waals surface area contributed by atoms with Crippen LogP contribution in [0.4, 0.5) is 0 Å². The molecule has 0 aliphatic rings. The van der Waals surface area contributed by atoms with Crippen LogP contribution in [0.25, 0.3) is 0 Å². The fourth-order valence-corrected chi connectivity index (χ4v) is 1.35. The molecule has 1 rings (SSSR count). The van der Waals surface area contributed by atoms with Crippen LogP contribution in [0.5, 0.6) is 0 Å². The molecule has 0 saturated carbocycles. The van der Waals surface area contributed by atoms with Crippen molar-refractivity contribution in [3.8, 4) is 0 Å². The molecule has 0 bridgehead atoms. The predicted molar refractivity (Wildman–Crippen MR) is 68.6 cm³/mol. The number of benzene rings is 1. The van der Waals surface area contributed by atoms with Crippen LogP contribution in [0, 0.1) is 5.41 Å². The minimum absolute atomic E-state index is 0.167. The largest absolute Gasteiger partial charge is 0.377 e. The lowest BCUT2D eigenvalue weighted by molar-refractivity contribution is 0.0940. The van der Waals surface area contributed by atoms with Crippen LogP contribution >= 0.6 is 11.6 Å². The highest BCUT2D eigenvalue weighted by molar-refractivity contribution is 6.30. The zero-order valence-corrected chi connectivity index (χ0v) is 10.8. The molecule has 1 aromatic carbocycles. The van der Waals surface area contributed by atoms with E-state index in [4.69, 9.17) is 22.1 Å². The Morgan fingerprint density at radius 2 is 1.88 bits per heavy atom. The second-order valence-electron chi connectivity index (χ2n) is 4.80. The normalized spacial score (nSPS) is 11.8. The Bertz CT molecular complexity index is 308. The molecule has 0 atom stereocenters. The van der Waals surface area contributed by atoms with Gasteiger partial charge in [-0.25, -0.2) is 0 Å². The Hall–Kier alpha value is -0.570. The number of nitrogens with two attached hydrogens (primary N) is 1. The predicted octanol–water partition coefficient (Wildman–Crippen LogP) is 3.23. The minimum Gasteiger partial charge on any atom is -0.377 e. The van der Waals surface area contributed by atoms with Gasteiger partial charge in [-0.05, 0) is 36.1 Å². The topological polar surface area (TPSA) is 35.2 Å². The van der Waals surface area contributed by atoms with E-state index in [1.165, 1.54) is 0 Å². The molecule has 3 heteroatoms. The summed E-state index contributed by atoms with van der Waals surface area (Å²) in [6.45, 7) is 6.37. The van der Waals surface area contributed by atoms with Crippen molar-refractivity contribution >= 4 is 11.6 Å². The Labute approximate surface area is 103 Å². The van der Waals surface area contributed by atoms with Crippen molar-refractivity contribution in [2.75, 3.05) is 13.2 Å². The Balaban J connectivity index is 2.23. The Morgan fingerprint density at radius 3 is 2.44 bits per heavy atom. The molecule has 0 amide bonds. The van der Waals surface area contributed by atoms with E-state index in [0.717, 1.165) is 23.6 Å². The number of rotatable bonds is 6. The summed E-state index contributed by atoms with van der Waals surface area (Å²) in [4.78, 5) is 0. The Kier molecular flexibility index (Phi) is 5.26. The molecule has 16 heavy (non-hydrogen) atoms. The van der Waals surface area contributed by atoms with Crippen molar-refractivity contribution in [3.05, 3.63) is 34.9 Å². The van der Waals surface area contributed by atoms with Crippen LogP contribution in [-0.2, 0) is 11.3 Å². The second-order valence-corrected chi connectivity index (χ2v) is 5.23. The number of halogens is 1. The SMILES string of the molecule is CC(C)(CN)CCOCc1ccc(Cl)cc1. The van der Waals surface area contributed by atoms with Gasteiger partial charge in [-0.3, -0.25) is 0 Å². The van der Waals surface area contributed by atoms with Crippen LogP contribution in [0.1, 0.15) is 25.8 Å². The van der Waals surface area contributed by atoms with E-state index in [2.05, 4.69) is 13.8 Å². The average Bonchev–Trinajstić information content (AvgIpc) is 2.27. The van der Waals surface area contributed by atoms with Gasteiger partial charge >= 0.3 is 0 Å². The van der Waals surface area contributed by atoms with Crippen LogP contribution in [0.3, 0.4) is 0 Å². The highest BCUT2D eigenvalue weighted by Gasteiger charge is 2.14. The third-order valence-electron chi connectivity index (χ3n) is 2.66. The number of hydrogen-bond acceptors (Lipinski definition) is 2. The second kappa shape index (κ2) is 6.24. The zero-order chi connectivity index (χ0) is 12.0. The molecule has 1 aromatic rings. The van der Waals surface area contributed by atoms with E-state index >= 15 is 0 Å². The molecule has 2 nitrogen and oxygen atoms in total. The zero-order valence-electron chi connectivity index (χ0n) is 10.0. The van der Waals surface area contributed by atoms with E-state index in [-0.39, 0.29) is 5.41 Å². The summed E-state index contributed by atoms with van der Waals surface area (Å²) in [6.07, 6.45) is 0.983. The van der Waals surface area contributed by atoms with Gasteiger partial charge < -0.3 is 10.5 Å². The molecule has 0 saturated heterocycles. The Morgan fingerprint density at radius 1 is 1.25 bits per heavy atom. The molecular formula is C13H20ClNO. The number of ether oxygens (including phenoxy) is 1. The van der Waals surface area contributed by atoms with Gasteiger partial charge in [0.05, 0.1) is 6.61 Å². The molecule has 2 N–H and O–H groups in total. The fraction of sp³-hybridized carbons (Fsp3) is 0.538. The molecule has 0 radical (unpaired) electrons. The molecule has 0 unspecified atom stereocenters. The summed E-state index contributed by atoms with van der Waals surface area (Å²) in [6, 6.07) is 7.72. The first-order chi connectivity index (χ1) is 7.53. The summed E-state index contributed by atoms with van der Waals surface area (Å²) in [5.74, 6) is 0. The van der Waals surface area contributed by atoms with Crippen LogP contribution in [0.2, 0.25) is 5.02 Å². The van der Waals surface area contributed by atoms with Gasteiger partial charge in [0.2, 0.25) is 0 Å². The van der Waals surface area contributed by atoms with Gasteiger partial charge in [0, 0.05) is 11.6 Å². The van der Waals surface area contributed by atoms with Crippen molar-refractivity contribution < 1.29 is 4.74 Å². The van der Waals surface area contributed by atoms with Crippen molar-refractivity contribution in [1.82, 2.24) is 0 Å². The monoisotopic (exact) mass is 241 g/mol. The van der Waals surface area contributed by atoms with Crippen molar-refractivity contribution in [1.29, 1.82) is 0 Å². The maximum atomic E-state index is 5.80. The number of hydrogen-bond donors (Lipinski definition) is 1. The molecule has 0 spiro atoms. The quantitative estimate of drug-likeness (QED) is 0.777. The van der Waals surface area contributed by atoms with E-state index in [0.29, 0.717) is 13.2 Å². The summed E-state index contributed by atoms with van der Waals surface area (Å²) in [5.41, 5.74) is 6.96. The van der Waals surface area contributed by atoms with Gasteiger partial charge in [-0.15, -0.1) is 0 Å². The molecule has 0 aliphatic carbocycles. The molecule has 0 heterocycles. The van der Waals surface area contributed by atoms with Crippen LogP contribution in [0.15, 0.2) is 24.3 Å². The summed E-state index contributed by atoms with van der Waals surface area (Å²) in [5, 5.41) is 0.757. The molecule has 0 fully saturated rings. The maximum Gasteiger partial charge on any atom is 0.0716 e. The van der Waals surface area contributed by atoms with Gasteiger partial charge in [0.15, 0.2) is 0 Å². The van der Waals surface area contributed by atoms with Crippen LogP contribution in [-0.4, -0.2) is 13.2 Å². The lowest BCUT2D eigenvalue weighted by Crippen LogP contribution is -2.25. The van der Waals surface area contributed by atoms with Gasteiger partial charge in [-0.1, -0.05) is 37.6 Å². The lowest BCUT2D eigenvalue weighted by atomic mass is 9.90. The first-order valence-electron chi connectivity index (χ1n) is 5.56. The van der Waals surface area contributed by atoms with Gasteiger partial charge in [0.1, 0.15) is 0 Å². The average molecular weight is 242 g/mol. The fourth-order valence-electron chi connectivity index (χ4n) is 1.22. The smallest absolute Gasteiger partial charge is 0.0716 e. The highest BCUT2D eigenvalue weighted by Crippen LogP contribution is 2.18. The molecule has 90 valence electrons. The third-order valence-corrected chi connectivity index (χ3v) is 2.91. The van der Waals surface area contributed by atoms with E-state index in [1.807, 2.05) is 24.3 Å². The molecule has 0 aromatic heterocycles. The summed E-state index contributed by atoms with van der Waals surface area (Å²) in [7, 11) is 0. The van der Waals surface area contributed by atoms with Crippen molar-refractivity contribution in [2.24, 2.45) is 11.1 Å². The minimum atomic E-state index is 0.167.